The molecule has 1 rings (SSSR count). The molecule has 0 unspecified atom stereocenters. The third kappa shape index (κ3) is 2.18. The molecular formula is C11H12FNO3. The lowest BCUT2D eigenvalue weighted by molar-refractivity contribution is -0.147. The number of hydrogen-bond acceptors (Lipinski definition) is 2. The molecule has 0 saturated carbocycles. The molecule has 1 aromatic rings. The first-order valence-electron chi connectivity index (χ1n) is 4.65. The first kappa shape index (κ1) is 12.2. The number of rotatable bonds is 3. The van der Waals surface area contributed by atoms with Crippen LogP contribution in [-0.4, -0.2) is 17.0 Å². The Bertz CT molecular complexity index is 433. The molecule has 1 atom stereocenters. The van der Waals surface area contributed by atoms with E-state index >= 15 is 0 Å². The number of carboxylic acids is 1. The Morgan fingerprint density at radius 3 is 2.38 bits per heavy atom. The van der Waals surface area contributed by atoms with Crippen LogP contribution in [0, 0.1) is 5.82 Å². The second kappa shape index (κ2) is 4.30. The van der Waals surface area contributed by atoms with E-state index in [0.717, 1.165) is 6.07 Å². The fourth-order valence-corrected chi connectivity index (χ4v) is 1.45. The van der Waals surface area contributed by atoms with Gasteiger partial charge in [-0.2, -0.15) is 0 Å². The Balaban J connectivity index is 3.27. The smallest absolute Gasteiger partial charge is 0.333 e. The number of nitrogens with one attached hydrogen (secondary N) is 1. The van der Waals surface area contributed by atoms with Crippen LogP contribution in [0.2, 0.25) is 0 Å². The van der Waals surface area contributed by atoms with E-state index in [9.17, 15) is 14.0 Å². The van der Waals surface area contributed by atoms with Crippen molar-refractivity contribution in [3.8, 4) is 0 Å². The van der Waals surface area contributed by atoms with Crippen molar-refractivity contribution in [2.45, 2.75) is 19.4 Å². The molecule has 0 fully saturated rings. The molecular weight excluding hydrogens is 213 g/mol. The van der Waals surface area contributed by atoms with E-state index in [2.05, 4.69) is 5.32 Å². The van der Waals surface area contributed by atoms with Crippen LogP contribution < -0.4 is 5.32 Å². The van der Waals surface area contributed by atoms with Crippen LogP contribution in [0.5, 0.6) is 0 Å². The minimum absolute atomic E-state index is 0.0716. The Kier molecular flexibility index (Phi) is 3.27. The molecule has 0 spiro atoms. The van der Waals surface area contributed by atoms with Crippen molar-refractivity contribution in [3.63, 3.8) is 0 Å². The summed E-state index contributed by atoms with van der Waals surface area (Å²) in [7, 11) is 0. The second-order valence-electron chi connectivity index (χ2n) is 3.59. The summed E-state index contributed by atoms with van der Waals surface area (Å²) in [5.41, 5.74) is -1.82. The molecule has 0 aliphatic rings. The van der Waals surface area contributed by atoms with Crippen molar-refractivity contribution in [1.29, 1.82) is 0 Å². The standard InChI is InChI=1S/C11H12FNO3/c1-7(14)13-11(2,10(15)16)8-5-3-4-6-9(8)12/h3-6H,1-2H3,(H,13,14)(H,15,16)/t11-/m0/s1. The maximum absolute atomic E-state index is 13.5. The molecule has 0 aliphatic carbocycles. The van der Waals surface area contributed by atoms with E-state index in [1.165, 1.54) is 32.0 Å². The van der Waals surface area contributed by atoms with E-state index in [0.29, 0.717) is 0 Å². The third-order valence-corrected chi connectivity index (χ3v) is 2.27. The summed E-state index contributed by atoms with van der Waals surface area (Å²) in [5.74, 6) is -2.51. The highest BCUT2D eigenvalue weighted by molar-refractivity contribution is 5.86. The molecule has 0 saturated heterocycles. The topological polar surface area (TPSA) is 66.4 Å². The number of halogens is 1. The molecule has 1 aromatic carbocycles. The molecule has 4 nitrogen and oxygen atoms in total. The zero-order valence-electron chi connectivity index (χ0n) is 8.95. The summed E-state index contributed by atoms with van der Waals surface area (Å²) in [5, 5.41) is 11.3. The van der Waals surface area contributed by atoms with E-state index in [1.807, 2.05) is 0 Å². The van der Waals surface area contributed by atoms with Gasteiger partial charge in [0, 0.05) is 12.5 Å². The van der Waals surface area contributed by atoms with Crippen molar-refractivity contribution in [1.82, 2.24) is 5.32 Å². The summed E-state index contributed by atoms with van der Waals surface area (Å²) < 4.78 is 13.5. The molecule has 2 N–H and O–H groups in total. The van der Waals surface area contributed by atoms with Gasteiger partial charge in [-0.05, 0) is 13.0 Å². The third-order valence-electron chi connectivity index (χ3n) is 2.27. The molecule has 1 amide bonds. The minimum Gasteiger partial charge on any atom is -0.479 e. The van der Waals surface area contributed by atoms with Gasteiger partial charge in [-0.25, -0.2) is 9.18 Å². The summed E-state index contributed by atoms with van der Waals surface area (Å²) >= 11 is 0. The molecule has 0 bridgehead atoms. The fraction of sp³-hybridized carbons (Fsp3) is 0.273. The van der Waals surface area contributed by atoms with Gasteiger partial charge in [-0.15, -0.1) is 0 Å². The van der Waals surface area contributed by atoms with Crippen LogP contribution in [0.3, 0.4) is 0 Å². The number of aliphatic carboxylic acids is 1. The Morgan fingerprint density at radius 1 is 1.38 bits per heavy atom. The van der Waals surface area contributed by atoms with Gasteiger partial charge in [0.05, 0.1) is 0 Å². The summed E-state index contributed by atoms with van der Waals surface area (Å²) in [6.07, 6.45) is 0. The molecule has 0 heterocycles. The minimum atomic E-state index is -1.75. The van der Waals surface area contributed by atoms with Gasteiger partial charge in [0.15, 0.2) is 5.54 Å². The number of hydrogen-bond donors (Lipinski definition) is 2. The quantitative estimate of drug-likeness (QED) is 0.813. The SMILES string of the molecule is CC(=O)N[C@](C)(C(=O)O)c1ccccc1F. The zero-order chi connectivity index (χ0) is 12.3. The van der Waals surface area contributed by atoms with Crippen LogP contribution in [0.1, 0.15) is 19.4 Å². The monoisotopic (exact) mass is 225 g/mol. The average molecular weight is 225 g/mol. The zero-order valence-corrected chi connectivity index (χ0v) is 8.95. The van der Waals surface area contributed by atoms with Gasteiger partial charge in [-0.3, -0.25) is 4.79 Å². The molecule has 16 heavy (non-hydrogen) atoms. The van der Waals surface area contributed by atoms with Crippen LogP contribution in [0.15, 0.2) is 24.3 Å². The molecule has 86 valence electrons. The van der Waals surface area contributed by atoms with Gasteiger partial charge in [0.25, 0.3) is 0 Å². The Morgan fingerprint density at radius 2 is 1.94 bits per heavy atom. The largest absolute Gasteiger partial charge is 0.479 e. The van der Waals surface area contributed by atoms with Crippen LogP contribution in [0.25, 0.3) is 0 Å². The number of benzene rings is 1. The molecule has 0 aliphatic heterocycles. The lowest BCUT2D eigenvalue weighted by atomic mass is 9.91. The molecule has 5 heteroatoms. The van der Waals surface area contributed by atoms with Crippen molar-refractivity contribution in [3.05, 3.63) is 35.6 Å². The van der Waals surface area contributed by atoms with Crippen molar-refractivity contribution in [2.75, 3.05) is 0 Å². The summed E-state index contributed by atoms with van der Waals surface area (Å²) in [6, 6.07) is 5.45. The van der Waals surface area contributed by atoms with E-state index in [4.69, 9.17) is 5.11 Å². The van der Waals surface area contributed by atoms with E-state index in [1.54, 1.807) is 0 Å². The van der Waals surface area contributed by atoms with Crippen LogP contribution in [0.4, 0.5) is 4.39 Å². The van der Waals surface area contributed by atoms with Crippen LogP contribution >= 0.6 is 0 Å². The van der Waals surface area contributed by atoms with Gasteiger partial charge in [0.1, 0.15) is 5.82 Å². The number of carbonyl (C=O) groups excluding carboxylic acids is 1. The highest BCUT2D eigenvalue weighted by atomic mass is 19.1. The Hall–Kier alpha value is -1.91. The number of amides is 1. The normalized spacial score (nSPS) is 13.9. The van der Waals surface area contributed by atoms with Gasteiger partial charge in [0.2, 0.25) is 5.91 Å². The van der Waals surface area contributed by atoms with Crippen molar-refractivity contribution in [2.24, 2.45) is 0 Å². The molecule has 0 aromatic heterocycles. The predicted octanol–water partition coefficient (Wildman–Crippen LogP) is 1.26. The lowest BCUT2D eigenvalue weighted by Crippen LogP contribution is -2.49. The van der Waals surface area contributed by atoms with Gasteiger partial charge < -0.3 is 10.4 Å². The van der Waals surface area contributed by atoms with Crippen LogP contribution in [-0.2, 0) is 15.1 Å². The lowest BCUT2D eigenvalue weighted by Gasteiger charge is -2.26. The van der Waals surface area contributed by atoms with Gasteiger partial charge >= 0.3 is 5.97 Å². The maximum atomic E-state index is 13.5. The first-order chi connectivity index (χ1) is 7.38. The summed E-state index contributed by atoms with van der Waals surface area (Å²) in [4.78, 5) is 22.1. The highest BCUT2D eigenvalue weighted by Crippen LogP contribution is 2.23. The number of carboxylic acid groups (broad SMARTS) is 1. The van der Waals surface area contributed by atoms with E-state index < -0.39 is 23.2 Å². The second-order valence-corrected chi connectivity index (χ2v) is 3.59. The summed E-state index contributed by atoms with van der Waals surface area (Å²) in [6.45, 7) is 2.43. The maximum Gasteiger partial charge on any atom is 0.333 e. The van der Waals surface area contributed by atoms with E-state index in [-0.39, 0.29) is 5.56 Å². The molecule has 0 radical (unpaired) electrons. The highest BCUT2D eigenvalue weighted by Gasteiger charge is 2.38. The average Bonchev–Trinajstić information content (AvgIpc) is 2.16. The van der Waals surface area contributed by atoms with Crippen molar-refractivity contribution < 1.29 is 19.1 Å². The first-order valence-corrected chi connectivity index (χ1v) is 4.65. The van der Waals surface area contributed by atoms with Crippen molar-refractivity contribution >= 4 is 11.9 Å². The fourth-order valence-electron chi connectivity index (χ4n) is 1.45. The Labute approximate surface area is 92.1 Å². The van der Waals surface area contributed by atoms with Gasteiger partial charge in [-0.1, -0.05) is 18.2 Å². The predicted molar refractivity (Wildman–Crippen MR) is 55.2 cm³/mol. The number of carbonyl (C=O) groups is 2.